The van der Waals surface area contributed by atoms with Gasteiger partial charge in [-0.05, 0) is 12.5 Å². The molecule has 0 aliphatic carbocycles. The van der Waals surface area contributed by atoms with Gasteiger partial charge in [-0.1, -0.05) is 18.2 Å². The number of carbonyl (C=O) groups is 1. The third kappa shape index (κ3) is 5.16. The second kappa shape index (κ2) is 9.45. The predicted octanol–water partition coefficient (Wildman–Crippen LogP) is 2.56. The molecule has 0 atom stereocenters. The first-order valence-corrected chi connectivity index (χ1v) is 9.10. The van der Waals surface area contributed by atoms with E-state index in [0.717, 1.165) is 5.39 Å². The van der Waals surface area contributed by atoms with Crippen molar-refractivity contribution in [3.63, 3.8) is 0 Å². The van der Waals surface area contributed by atoms with Crippen LogP contribution in [0.4, 0.5) is 16.3 Å². The van der Waals surface area contributed by atoms with Crippen molar-refractivity contribution in [3.05, 3.63) is 52.8 Å². The summed E-state index contributed by atoms with van der Waals surface area (Å²) in [7, 11) is 3.10. The minimum absolute atomic E-state index is 0.223. The van der Waals surface area contributed by atoms with Crippen LogP contribution in [-0.4, -0.2) is 43.5 Å². The quantitative estimate of drug-likeness (QED) is 0.434. The summed E-state index contributed by atoms with van der Waals surface area (Å²) < 4.78 is 10.4. The Hall–Kier alpha value is -3.75. The number of aromatic amines is 1. The number of hydrogen-bond donors (Lipinski definition) is 4. The van der Waals surface area contributed by atoms with Crippen LogP contribution in [0.1, 0.15) is 6.42 Å². The first-order valence-electron chi connectivity index (χ1n) is 9.10. The number of nitrogens with one attached hydrogen (secondary N) is 4. The molecule has 29 heavy (non-hydrogen) atoms. The van der Waals surface area contributed by atoms with E-state index in [2.05, 4.69) is 26.1 Å². The highest BCUT2D eigenvalue weighted by molar-refractivity contribution is 5.91. The second-order valence-corrected chi connectivity index (χ2v) is 6.21. The summed E-state index contributed by atoms with van der Waals surface area (Å²) in [5.41, 5.74) is 0.347. The van der Waals surface area contributed by atoms with E-state index in [1.54, 1.807) is 38.5 Å². The molecule has 0 aliphatic heterocycles. The number of nitrogens with zero attached hydrogens (tertiary/aromatic N) is 1. The number of carbonyl (C=O) groups excluding carboxylic acids is 1. The molecule has 0 spiro atoms. The Morgan fingerprint density at radius 2 is 1.72 bits per heavy atom. The SMILES string of the molecule is COc1cc(NC(=O)NCCCNc2n[nH]c(=O)c3ccccc23)cc(OC)c1. The van der Waals surface area contributed by atoms with Gasteiger partial charge >= 0.3 is 6.03 Å². The molecule has 3 rings (SSSR count). The Kier molecular flexibility index (Phi) is 6.51. The molecule has 0 saturated carbocycles. The second-order valence-electron chi connectivity index (χ2n) is 6.21. The lowest BCUT2D eigenvalue weighted by Crippen LogP contribution is -2.30. The molecule has 2 aromatic carbocycles. The molecule has 0 aliphatic rings. The highest BCUT2D eigenvalue weighted by Crippen LogP contribution is 2.25. The van der Waals surface area contributed by atoms with Gasteiger partial charge in [-0.3, -0.25) is 4.79 Å². The molecular weight excluding hydrogens is 374 g/mol. The van der Waals surface area contributed by atoms with E-state index in [1.165, 1.54) is 0 Å². The van der Waals surface area contributed by atoms with E-state index in [4.69, 9.17) is 9.47 Å². The monoisotopic (exact) mass is 397 g/mol. The van der Waals surface area contributed by atoms with E-state index in [9.17, 15) is 9.59 Å². The Morgan fingerprint density at radius 1 is 1.03 bits per heavy atom. The molecule has 9 nitrogen and oxygen atoms in total. The van der Waals surface area contributed by atoms with Crippen molar-refractivity contribution < 1.29 is 14.3 Å². The Bertz CT molecular complexity index is 1030. The maximum absolute atomic E-state index is 12.1. The Labute approximate surface area is 167 Å². The highest BCUT2D eigenvalue weighted by atomic mass is 16.5. The highest BCUT2D eigenvalue weighted by Gasteiger charge is 2.07. The van der Waals surface area contributed by atoms with Crippen LogP contribution < -0.4 is 31.0 Å². The molecule has 1 aromatic heterocycles. The standard InChI is InChI=1S/C20H23N5O4/c1-28-14-10-13(11-15(12-14)29-2)23-20(27)22-9-5-8-21-18-16-6-3-4-7-17(16)19(26)25-24-18/h3-4,6-7,10-12H,5,8-9H2,1-2H3,(H,21,24)(H,25,26)(H2,22,23,27). The first kappa shape index (κ1) is 20.0. The number of fused-ring (bicyclic) bond motifs is 1. The van der Waals surface area contributed by atoms with Gasteiger partial charge in [-0.25, -0.2) is 9.89 Å². The molecule has 0 radical (unpaired) electrons. The summed E-state index contributed by atoms with van der Waals surface area (Å²) in [6, 6.07) is 12.1. The predicted molar refractivity (Wildman–Crippen MR) is 112 cm³/mol. The fourth-order valence-corrected chi connectivity index (χ4v) is 2.80. The van der Waals surface area contributed by atoms with Crippen molar-refractivity contribution in [2.45, 2.75) is 6.42 Å². The van der Waals surface area contributed by atoms with Crippen LogP contribution in [0.2, 0.25) is 0 Å². The molecule has 3 aromatic rings. The van der Waals surface area contributed by atoms with Gasteiger partial charge in [0.15, 0.2) is 5.82 Å². The maximum Gasteiger partial charge on any atom is 0.319 e. The van der Waals surface area contributed by atoms with Crippen molar-refractivity contribution in [2.24, 2.45) is 0 Å². The van der Waals surface area contributed by atoms with E-state index in [1.807, 2.05) is 18.2 Å². The molecular formula is C20H23N5O4. The molecule has 2 amide bonds. The number of rotatable bonds is 8. The zero-order chi connectivity index (χ0) is 20.6. The lowest BCUT2D eigenvalue weighted by molar-refractivity contribution is 0.252. The topological polar surface area (TPSA) is 117 Å². The number of methoxy groups -OCH3 is 2. The van der Waals surface area contributed by atoms with Crippen molar-refractivity contribution in [1.82, 2.24) is 15.5 Å². The Balaban J connectivity index is 1.47. The number of urea groups is 1. The molecule has 4 N–H and O–H groups in total. The van der Waals surface area contributed by atoms with Crippen LogP contribution in [0, 0.1) is 0 Å². The van der Waals surface area contributed by atoms with Gasteiger partial charge in [0, 0.05) is 42.4 Å². The summed E-state index contributed by atoms with van der Waals surface area (Å²) in [5.74, 6) is 1.78. The third-order valence-corrected chi connectivity index (χ3v) is 4.24. The van der Waals surface area contributed by atoms with Crippen LogP contribution in [0.5, 0.6) is 11.5 Å². The number of ether oxygens (including phenoxy) is 2. The fourth-order valence-electron chi connectivity index (χ4n) is 2.80. The molecule has 9 heteroatoms. The molecule has 0 fully saturated rings. The van der Waals surface area contributed by atoms with Crippen LogP contribution in [0.25, 0.3) is 10.8 Å². The smallest absolute Gasteiger partial charge is 0.319 e. The first-order chi connectivity index (χ1) is 14.1. The van der Waals surface area contributed by atoms with Crippen LogP contribution >= 0.6 is 0 Å². The summed E-state index contributed by atoms with van der Waals surface area (Å²) >= 11 is 0. The Morgan fingerprint density at radius 3 is 2.41 bits per heavy atom. The molecule has 1 heterocycles. The summed E-state index contributed by atoms with van der Waals surface area (Å²) in [6.45, 7) is 1.04. The van der Waals surface area contributed by atoms with Crippen LogP contribution in [0.3, 0.4) is 0 Å². The largest absolute Gasteiger partial charge is 0.497 e. The lowest BCUT2D eigenvalue weighted by Gasteiger charge is -2.11. The summed E-state index contributed by atoms with van der Waals surface area (Å²) in [5, 5.41) is 16.6. The third-order valence-electron chi connectivity index (χ3n) is 4.24. The number of anilines is 2. The lowest BCUT2D eigenvalue weighted by atomic mass is 10.2. The van der Waals surface area contributed by atoms with Gasteiger partial charge in [0.2, 0.25) is 0 Å². The van der Waals surface area contributed by atoms with Gasteiger partial charge in [0.05, 0.1) is 19.6 Å². The van der Waals surface area contributed by atoms with Gasteiger partial charge in [-0.2, -0.15) is 5.10 Å². The van der Waals surface area contributed by atoms with E-state index >= 15 is 0 Å². The average molecular weight is 397 g/mol. The van der Waals surface area contributed by atoms with E-state index in [0.29, 0.717) is 47.9 Å². The van der Waals surface area contributed by atoms with E-state index < -0.39 is 0 Å². The fraction of sp³-hybridized carbons (Fsp3) is 0.250. The normalized spacial score (nSPS) is 10.4. The molecule has 0 saturated heterocycles. The van der Waals surface area contributed by atoms with Crippen LogP contribution in [-0.2, 0) is 0 Å². The van der Waals surface area contributed by atoms with Gasteiger partial charge < -0.3 is 25.4 Å². The van der Waals surface area contributed by atoms with Gasteiger partial charge in [0.25, 0.3) is 5.56 Å². The van der Waals surface area contributed by atoms with Gasteiger partial charge in [-0.15, -0.1) is 0 Å². The summed E-state index contributed by atoms with van der Waals surface area (Å²) in [4.78, 5) is 23.9. The zero-order valence-corrected chi connectivity index (χ0v) is 16.2. The number of hydrogen-bond acceptors (Lipinski definition) is 6. The molecule has 0 bridgehead atoms. The molecule has 0 unspecified atom stereocenters. The zero-order valence-electron chi connectivity index (χ0n) is 16.2. The van der Waals surface area contributed by atoms with Crippen molar-refractivity contribution in [3.8, 4) is 11.5 Å². The van der Waals surface area contributed by atoms with Crippen LogP contribution in [0.15, 0.2) is 47.3 Å². The maximum atomic E-state index is 12.1. The van der Waals surface area contributed by atoms with Crippen molar-refractivity contribution in [2.75, 3.05) is 37.9 Å². The number of H-pyrrole nitrogens is 1. The number of aromatic nitrogens is 2. The minimum Gasteiger partial charge on any atom is -0.497 e. The average Bonchev–Trinajstić information content (AvgIpc) is 2.74. The van der Waals surface area contributed by atoms with Crippen molar-refractivity contribution in [1.29, 1.82) is 0 Å². The summed E-state index contributed by atoms with van der Waals surface area (Å²) in [6.07, 6.45) is 0.671. The van der Waals surface area contributed by atoms with E-state index in [-0.39, 0.29) is 11.6 Å². The minimum atomic E-state index is -0.326. The van der Waals surface area contributed by atoms with Crippen molar-refractivity contribution >= 4 is 28.3 Å². The number of benzene rings is 2. The number of amides is 2. The van der Waals surface area contributed by atoms with Gasteiger partial charge in [0.1, 0.15) is 11.5 Å². The molecule has 152 valence electrons.